The fourth-order valence-electron chi connectivity index (χ4n) is 6.70. The highest BCUT2D eigenvalue weighted by atomic mass is 19.1. The van der Waals surface area contributed by atoms with E-state index in [1.165, 1.54) is 52.0 Å². The van der Waals surface area contributed by atoms with Gasteiger partial charge < -0.3 is 29.3 Å². The molecule has 278 valence electrons. The van der Waals surface area contributed by atoms with E-state index in [0.717, 1.165) is 43.6 Å². The Bertz CT molecular complexity index is 2070. The third-order valence-corrected chi connectivity index (χ3v) is 9.68. The van der Waals surface area contributed by atoms with Crippen LogP contribution in [0.25, 0.3) is 5.69 Å². The van der Waals surface area contributed by atoms with Gasteiger partial charge in [0.2, 0.25) is 11.7 Å². The average Bonchev–Trinajstić information content (AvgIpc) is 3.92. The van der Waals surface area contributed by atoms with Crippen molar-refractivity contribution in [1.82, 2.24) is 34.4 Å². The van der Waals surface area contributed by atoms with Gasteiger partial charge in [-0.3, -0.25) is 4.79 Å². The van der Waals surface area contributed by atoms with Crippen LogP contribution in [0.5, 0.6) is 5.75 Å². The van der Waals surface area contributed by atoms with E-state index in [9.17, 15) is 18.4 Å². The molecule has 0 bridgehead atoms. The summed E-state index contributed by atoms with van der Waals surface area (Å²) in [6.07, 6.45) is 3.82. The van der Waals surface area contributed by atoms with Crippen molar-refractivity contribution in [3.63, 3.8) is 0 Å². The maximum atomic E-state index is 14.9. The second-order valence-electron chi connectivity index (χ2n) is 13.3. The quantitative estimate of drug-likeness (QED) is 0.203. The van der Waals surface area contributed by atoms with Crippen LogP contribution in [0.2, 0.25) is 0 Å². The SMILES string of the molecule is CC(=O)NC(C)C(C)n1ncn(-c2ccc(N3CCN(c4ccc(OCC5COC(Cn6cncn6)(c6ccc(F)cc6F)O5)cc4)CC3)cc2)c1=O. The standard InChI is InChI=1S/C37H41F2N9O5/c1-25(43-27(3)49)26(2)48-36(50)47(24-42-48)31-7-5-29(6-8-31)44-14-16-45(17-15-44)30-9-11-32(12-10-30)51-19-33-20-52-37(53-33,21-46-23-40-22-41-46)34-13-4-28(38)18-35(34)39/h4-13,18,22-26,33H,14-17,19-21H2,1-3H3,(H,43,49). The van der Waals surface area contributed by atoms with Gasteiger partial charge in [0.1, 0.15) is 55.6 Å². The van der Waals surface area contributed by atoms with Crippen molar-refractivity contribution in [2.45, 2.75) is 51.3 Å². The first-order valence-electron chi connectivity index (χ1n) is 17.4. The Labute approximate surface area is 304 Å². The first-order valence-corrected chi connectivity index (χ1v) is 17.4. The lowest BCUT2D eigenvalue weighted by atomic mass is 10.0. The molecular weight excluding hydrogens is 688 g/mol. The number of piperazine rings is 1. The van der Waals surface area contributed by atoms with Crippen molar-refractivity contribution in [1.29, 1.82) is 0 Å². The highest BCUT2D eigenvalue weighted by Gasteiger charge is 2.46. The summed E-state index contributed by atoms with van der Waals surface area (Å²) in [5.41, 5.74) is 2.65. The van der Waals surface area contributed by atoms with Gasteiger partial charge >= 0.3 is 5.69 Å². The molecule has 7 rings (SSSR count). The number of hydrogen-bond donors (Lipinski definition) is 1. The number of aromatic nitrogens is 6. The Morgan fingerprint density at radius 2 is 1.60 bits per heavy atom. The van der Waals surface area contributed by atoms with E-state index in [2.05, 4.69) is 30.3 Å². The van der Waals surface area contributed by atoms with Gasteiger partial charge in [-0.15, -0.1) is 0 Å². The highest BCUT2D eigenvalue weighted by Crippen LogP contribution is 2.38. The number of benzene rings is 3. The Morgan fingerprint density at radius 3 is 2.23 bits per heavy atom. The lowest BCUT2D eigenvalue weighted by Crippen LogP contribution is -2.46. The number of nitrogens with one attached hydrogen (secondary N) is 1. The van der Waals surface area contributed by atoms with Gasteiger partial charge in [0.25, 0.3) is 0 Å². The second kappa shape index (κ2) is 15.2. The fourth-order valence-corrected chi connectivity index (χ4v) is 6.70. The first kappa shape index (κ1) is 35.8. The van der Waals surface area contributed by atoms with E-state index in [0.29, 0.717) is 11.4 Å². The molecule has 5 aromatic rings. The molecule has 2 aromatic heterocycles. The molecule has 0 saturated carbocycles. The van der Waals surface area contributed by atoms with Gasteiger partial charge in [-0.1, -0.05) is 0 Å². The molecule has 0 spiro atoms. The molecule has 2 aliphatic rings. The summed E-state index contributed by atoms with van der Waals surface area (Å²) in [4.78, 5) is 33.1. The molecule has 0 radical (unpaired) electrons. The van der Waals surface area contributed by atoms with E-state index in [1.807, 2.05) is 62.4 Å². The number of hydrogen-bond acceptors (Lipinski definition) is 10. The zero-order valence-corrected chi connectivity index (χ0v) is 29.6. The smallest absolute Gasteiger partial charge is 0.350 e. The minimum atomic E-state index is -1.52. The molecular formula is C37H41F2N9O5. The summed E-state index contributed by atoms with van der Waals surface area (Å²) in [6, 6.07) is 18.4. The lowest BCUT2D eigenvalue weighted by Gasteiger charge is -2.37. The number of ether oxygens (including phenoxy) is 3. The van der Waals surface area contributed by atoms with Gasteiger partial charge in [-0.2, -0.15) is 10.2 Å². The summed E-state index contributed by atoms with van der Waals surface area (Å²) in [5.74, 6) is -2.50. The van der Waals surface area contributed by atoms with Gasteiger partial charge in [0.15, 0.2) is 0 Å². The van der Waals surface area contributed by atoms with Crippen LogP contribution in [0.15, 0.2) is 90.5 Å². The summed E-state index contributed by atoms with van der Waals surface area (Å²) in [7, 11) is 0. The van der Waals surface area contributed by atoms with Crippen molar-refractivity contribution in [2.24, 2.45) is 0 Å². The predicted molar refractivity (Wildman–Crippen MR) is 191 cm³/mol. The Hall–Kier alpha value is -5.61. The predicted octanol–water partition coefficient (Wildman–Crippen LogP) is 3.66. The van der Waals surface area contributed by atoms with E-state index in [1.54, 1.807) is 0 Å². The summed E-state index contributed by atoms with van der Waals surface area (Å²) >= 11 is 0. The average molecular weight is 730 g/mol. The van der Waals surface area contributed by atoms with Gasteiger partial charge in [0.05, 0.1) is 18.3 Å². The number of carbonyl (C=O) groups is 1. The zero-order valence-electron chi connectivity index (χ0n) is 29.6. The van der Waals surface area contributed by atoms with Gasteiger partial charge in [-0.05, 0) is 74.5 Å². The zero-order chi connectivity index (χ0) is 37.1. The van der Waals surface area contributed by atoms with Crippen LogP contribution in [0.1, 0.15) is 32.4 Å². The molecule has 4 atom stereocenters. The van der Waals surface area contributed by atoms with Crippen LogP contribution in [0.4, 0.5) is 20.2 Å². The van der Waals surface area contributed by atoms with Crippen molar-refractivity contribution in [3.05, 3.63) is 113 Å². The number of carbonyl (C=O) groups excluding carboxylic acids is 1. The minimum Gasteiger partial charge on any atom is -0.491 e. The highest BCUT2D eigenvalue weighted by molar-refractivity contribution is 5.73. The number of halogens is 2. The van der Waals surface area contributed by atoms with E-state index in [4.69, 9.17) is 14.2 Å². The van der Waals surface area contributed by atoms with Crippen molar-refractivity contribution in [2.75, 3.05) is 49.2 Å². The Kier molecular flexibility index (Phi) is 10.2. The third-order valence-electron chi connectivity index (χ3n) is 9.68. The lowest BCUT2D eigenvalue weighted by molar-refractivity contribution is -0.192. The molecule has 16 heteroatoms. The van der Waals surface area contributed by atoms with Gasteiger partial charge in [0, 0.05) is 62.1 Å². The maximum Gasteiger partial charge on any atom is 0.350 e. The Morgan fingerprint density at radius 1 is 0.943 bits per heavy atom. The number of anilines is 2. The van der Waals surface area contributed by atoms with Crippen LogP contribution < -0.4 is 25.5 Å². The molecule has 2 fully saturated rings. The number of nitrogens with zero attached hydrogens (tertiary/aromatic N) is 8. The van der Waals surface area contributed by atoms with Crippen LogP contribution in [-0.2, 0) is 26.6 Å². The molecule has 3 aromatic carbocycles. The third kappa shape index (κ3) is 7.78. The topological polar surface area (TPSA) is 134 Å². The van der Waals surface area contributed by atoms with Crippen molar-refractivity contribution in [3.8, 4) is 11.4 Å². The monoisotopic (exact) mass is 729 g/mol. The molecule has 2 aliphatic heterocycles. The van der Waals surface area contributed by atoms with Gasteiger partial charge in [-0.25, -0.2) is 32.5 Å². The number of amides is 1. The molecule has 1 amide bonds. The molecule has 53 heavy (non-hydrogen) atoms. The van der Waals surface area contributed by atoms with E-state index < -0.39 is 23.5 Å². The molecule has 2 saturated heterocycles. The van der Waals surface area contributed by atoms with Crippen LogP contribution >= 0.6 is 0 Å². The molecule has 0 aliphatic carbocycles. The largest absolute Gasteiger partial charge is 0.491 e. The molecule has 4 heterocycles. The second-order valence-corrected chi connectivity index (χ2v) is 13.3. The molecule has 14 nitrogen and oxygen atoms in total. The molecule has 1 N–H and O–H groups in total. The summed E-state index contributed by atoms with van der Waals surface area (Å²) in [6.45, 7) is 8.74. The van der Waals surface area contributed by atoms with Crippen molar-refractivity contribution < 1.29 is 27.8 Å². The molecule has 4 unspecified atom stereocenters. The van der Waals surface area contributed by atoms with E-state index in [-0.39, 0.29) is 49.0 Å². The first-order chi connectivity index (χ1) is 25.6. The minimum absolute atomic E-state index is 0.0228. The number of rotatable bonds is 12. The normalized spacial score (nSPS) is 20.0. The summed E-state index contributed by atoms with van der Waals surface area (Å²) < 4.78 is 51.3. The van der Waals surface area contributed by atoms with Crippen LogP contribution in [-0.4, -0.2) is 86.6 Å². The van der Waals surface area contributed by atoms with Crippen LogP contribution in [0.3, 0.4) is 0 Å². The van der Waals surface area contributed by atoms with E-state index >= 15 is 0 Å². The van der Waals surface area contributed by atoms with Crippen LogP contribution in [0, 0.1) is 11.6 Å². The summed E-state index contributed by atoms with van der Waals surface area (Å²) in [5, 5.41) is 11.2. The van der Waals surface area contributed by atoms with Crippen molar-refractivity contribution >= 4 is 17.3 Å². The Balaban J connectivity index is 0.915. The fraction of sp³-hybridized carbons (Fsp3) is 0.378. The maximum absolute atomic E-state index is 14.9.